The Morgan fingerprint density at radius 3 is 2.84 bits per heavy atom. The summed E-state index contributed by atoms with van der Waals surface area (Å²) in [5.41, 5.74) is 1.39. The van der Waals surface area contributed by atoms with Gasteiger partial charge in [-0.2, -0.15) is 0 Å². The van der Waals surface area contributed by atoms with Crippen molar-refractivity contribution in [2.75, 3.05) is 13.1 Å². The van der Waals surface area contributed by atoms with Gasteiger partial charge in [-0.15, -0.1) is 0 Å². The molecule has 3 rings (SSSR count). The molecule has 1 aromatic carbocycles. The lowest BCUT2D eigenvalue weighted by Crippen LogP contribution is -2.43. The number of nitrogens with zero attached hydrogens (tertiary/aromatic N) is 2. The van der Waals surface area contributed by atoms with Crippen LogP contribution in [0.2, 0.25) is 0 Å². The monoisotopic (exact) mass is 343 g/mol. The molecule has 25 heavy (non-hydrogen) atoms. The van der Waals surface area contributed by atoms with E-state index in [9.17, 15) is 9.59 Å². The number of amides is 2. The molecular weight excluding hydrogens is 318 g/mol. The molecule has 1 saturated heterocycles. The highest BCUT2D eigenvalue weighted by Crippen LogP contribution is 2.26. The van der Waals surface area contributed by atoms with Gasteiger partial charge in [-0.3, -0.25) is 9.59 Å². The number of likely N-dealkylation sites (tertiary alicyclic amines) is 1. The van der Waals surface area contributed by atoms with Crippen LogP contribution in [0.3, 0.4) is 0 Å². The first kappa shape index (κ1) is 17.5. The second-order valence-electron chi connectivity index (χ2n) is 6.68. The molecule has 2 aliphatic rings. The largest absolute Gasteiger partial charge is 0.387 e. The van der Waals surface area contributed by atoms with Gasteiger partial charge in [0.1, 0.15) is 5.71 Å². The van der Waals surface area contributed by atoms with Crippen molar-refractivity contribution in [3.8, 4) is 0 Å². The fraction of sp³-hybridized carbons (Fsp3) is 0.526. The number of oxime groups is 1. The van der Waals surface area contributed by atoms with Crippen molar-refractivity contribution in [3.63, 3.8) is 0 Å². The SMILES string of the molecule is C[C@H]1CCCCN1C(=O)CCNC(=O)C1=NO[C@H](c2ccccc2)C1. The molecule has 0 aromatic heterocycles. The van der Waals surface area contributed by atoms with E-state index in [1.54, 1.807) is 0 Å². The fourth-order valence-electron chi connectivity index (χ4n) is 3.36. The minimum absolute atomic E-state index is 0.110. The summed E-state index contributed by atoms with van der Waals surface area (Å²) >= 11 is 0. The molecular formula is C19H25N3O3. The molecule has 2 heterocycles. The fourth-order valence-corrected chi connectivity index (χ4v) is 3.36. The van der Waals surface area contributed by atoms with Gasteiger partial charge in [-0.05, 0) is 31.7 Å². The first-order valence-corrected chi connectivity index (χ1v) is 9.00. The molecule has 0 spiro atoms. The maximum Gasteiger partial charge on any atom is 0.269 e. The second-order valence-corrected chi connectivity index (χ2v) is 6.68. The number of hydrogen-bond acceptors (Lipinski definition) is 4. The predicted molar refractivity (Wildman–Crippen MR) is 95.0 cm³/mol. The van der Waals surface area contributed by atoms with E-state index in [1.165, 1.54) is 6.42 Å². The average molecular weight is 343 g/mol. The van der Waals surface area contributed by atoms with E-state index in [2.05, 4.69) is 17.4 Å². The summed E-state index contributed by atoms with van der Waals surface area (Å²) in [5.74, 6) is -0.141. The number of rotatable bonds is 5. The van der Waals surface area contributed by atoms with Crippen molar-refractivity contribution in [3.05, 3.63) is 35.9 Å². The molecule has 0 unspecified atom stereocenters. The lowest BCUT2D eigenvalue weighted by Gasteiger charge is -2.33. The quantitative estimate of drug-likeness (QED) is 0.892. The van der Waals surface area contributed by atoms with Gasteiger partial charge in [0.2, 0.25) is 5.91 Å². The van der Waals surface area contributed by atoms with Crippen molar-refractivity contribution in [2.45, 2.75) is 51.2 Å². The number of carbonyl (C=O) groups excluding carboxylic acids is 2. The number of carbonyl (C=O) groups is 2. The van der Waals surface area contributed by atoms with Crippen LogP contribution in [0.15, 0.2) is 35.5 Å². The molecule has 1 aromatic rings. The van der Waals surface area contributed by atoms with Gasteiger partial charge in [0.05, 0.1) is 0 Å². The zero-order valence-electron chi connectivity index (χ0n) is 14.6. The van der Waals surface area contributed by atoms with Crippen molar-refractivity contribution < 1.29 is 14.4 Å². The molecule has 2 aliphatic heterocycles. The third kappa shape index (κ3) is 4.38. The molecule has 0 radical (unpaired) electrons. The van der Waals surface area contributed by atoms with Gasteiger partial charge in [0.25, 0.3) is 5.91 Å². The normalized spacial score (nSPS) is 22.9. The van der Waals surface area contributed by atoms with Crippen LogP contribution in [-0.2, 0) is 14.4 Å². The summed E-state index contributed by atoms with van der Waals surface area (Å²) in [6.07, 6.45) is 3.88. The van der Waals surface area contributed by atoms with E-state index in [0.717, 1.165) is 24.9 Å². The second kappa shape index (κ2) is 8.14. The molecule has 1 N–H and O–H groups in total. The molecule has 1 fully saturated rings. The highest BCUT2D eigenvalue weighted by Gasteiger charge is 2.27. The van der Waals surface area contributed by atoms with Gasteiger partial charge >= 0.3 is 0 Å². The smallest absolute Gasteiger partial charge is 0.269 e. The zero-order chi connectivity index (χ0) is 17.6. The van der Waals surface area contributed by atoms with Crippen LogP contribution in [0.25, 0.3) is 0 Å². The predicted octanol–water partition coefficient (Wildman–Crippen LogP) is 2.41. The zero-order valence-corrected chi connectivity index (χ0v) is 14.6. The summed E-state index contributed by atoms with van der Waals surface area (Å²) < 4.78 is 0. The lowest BCUT2D eigenvalue weighted by atomic mass is 10.0. The van der Waals surface area contributed by atoms with Crippen molar-refractivity contribution in [2.24, 2.45) is 5.16 Å². The Labute approximate surface area is 148 Å². The Morgan fingerprint density at radius 2 is 2.08 bits per heavy atom. The van der Waals surface area contributed by atoms with Gasteiger partial charge in [0, 0.05) is 32.0 Å². The van der Waals surface area contributed by atoms with Crippen LogP contribution in [0.1, 0.15) is 50.7 Å². The van der Waals surface area contributed by atoms with E-state index < -0.39 is 0 Å². The number of piperidine rings is 1. The van der Waals surface area contributed by atoms with Crippen LogP contribution in [0.5, 0.6) is 0 Å². The van der Waals surface area contributed by atoms with E-state index in [4.69, 9.17) is 4.84 Å². The molecule has 6 heteroatoms. The summed E-state index contributed by atoms with van der Waals surface area (Å²) in [4.78, 5) is 31.8. The Kier molecular flexibility index (Phi) is 5.68. The van der Waals surface area contributed by atoms with E-state index in [-0.39, 0.29) is 17.9 Å². The van der Waals surface area contributed by atoms with Crippen molar-refractivity contribution >= 4 is 17.5 Å². The Balaban J connectivity index is 1.42. The van der Waals surface area contributed by atoms with Crippen LogP contribution < -0.4 is 5.32 Å². The first-order valence-electron chi connectivity index (χ1n) is 9.00. The molecule has 2 atom stereocenters. The Bertz CT molecular complexity index is 645. The van der Waals surface area contributed by atoms with Gasteiger partial charge in [-0.1, -0.05) is 35.5 Å². The van der Waals surface area contributed by atoms with E-state index in [1.807, 2.05) is 35.2 Å². The van der Waals surface area contributed by atoms with Gasteiger partial charge in [-0.25, -0.2) is 0 Å². The lowest BCUT2D eigenvalue weighted by molar-refractivity contribution is -0.134. The summed E-state index contributed by atoms with van der Waals surface area (Å²) in [6, 6.07) is 10.0. The van der Waals surface area contributed by atoms with Gasteiger partial charge < -0.3 is 15.1 Å². The standard InChI is InChI=1S/C19H25N3O3/c1-14-7-5-6-12-22(14)18(23)10-11-20-19(24)16-13-17(25-21-16)15-8-3-2-4-9-15/h2-4,8-9,14,17H,5-7,10-13H2,1H3,(H,20,24)/t14-,17-/m0/s1. The van der Waals surface area contributed by atoms with E-state index in [0.29, 0.717) is 31.1 Å². The third-order valence-electron chi connectivity index (χ3n) is 4.85. The van der Waals surface area contributed by atoms with Crippen LogP contribution >= 0.6 is 0 Å². The molecule has 6 nitrogen and oxygen atoms in total. The minimum Gasteiger partial charge on any atom is -0.387 e. The Morgan fingerprint density at radius 1 is 1.28 bits per heavy atom. The Hall–Kier alpha value is -2.37. The molecule has 0 bridgehead atoms. The van der Waals surface area contributed by atoms with Crippen molar-refractivity contribution in [1.82, 2.24) is 10.2 Å². The number of nitrogens with one attached hydrogen (secondary N) is 1. The molecule has 0 aliphatic carbocycles. The third-order valence-corrected chi connectivity index (χ3v) is 4.85. The topological polar surface area (TPSA) is 71.0 Å². The first-order chi connectivity index (χ1) is 12.1. The van der Waals surface area contributed by atoms with Crippen LogP contribution in [0, 0.1) is 0 Å². The van der Waals surface area contributed by atoms with Gasteiger partial charge in [0.15, 0.2) is 6.10 Å². The highest BCUT2D eigenvalue weighted by molar-refractivity contribution is 6.39. The van der Waals surface area contributed by atoms with Crippen LogP contribution in [0.4, 0.5) is 0 Å². The van der Waals surface area contributed by atoms with E-state index >= 15 is 0 Å². The summed E-state index contributed by atoms with van der Waals surface area (Å²) in [7, 11) is 0. The molecule has 0 saturated carbocycles. The highest BCUT2D eigenvalue weighted by atomic mass is 16.6. The maximum atomic E-state index is 12.3. The average Bonchev–Trinajstić information content (AvgIpc) is 3.13. The number of benzene rings is 1. The minimum atomic E-state index is -0.252. The summed E-state index contributed by atoms with van der Waals surface area (Å²) in [6.45, 7) is 3.24. The van der Waals surface area contributed by atoms with Crippen molar-refractivity contribution in [1.29, 1.82) is 0 Å². The molecule has 2 amide bonds. The summed E-state index contributed by atoms with van der Waals surface area (Å²) in [5, 5.41) is 6.69. The van der Waals surface area contributed by atoms with Crippen LogP contribution in [-0.4, -0.2) is 41.6 Å². The number of hydrogen-bond donors (Lipinski definition) is 1. The maximum absolute atomic E-state index is 12.3. The molecule has 134 valence electrons.